The van der Waals surface area contributed by atoms with Gasteiger partial charge in [-0.3, -0.25) is 0 Å². The highest BCUT2D eigenvalue weighted by Crippen LogP contribution is 2.50. The molecule has 0 aromatic heterocycles. The standard InChI is InChI=1S/C86H59B3N6O3/c1-90-73-54-79-70(52-68(73)87-66-42-24-26-44-72(66)95(62-40-22-9-23-41-62)77-48-63(46-75(90)84(77)87)92(56-28-10-3-11-29-56)57-30-12-4-13-31-57)89-71-53-69-74(55-80(71)98-83-51-65(50-82(97-79)86(83)89)94(60-36-18-7-19-37-60)61-38-20-8-21-39-61)91(2)76-47-64(49-81-85(76)88(69)67-43-25-27-45-78(67)96-81)93(58-32-14-5-15-33-58)59-34-16-6-17-35-59/h3-55H,1-2H3. The summed E-state index contributed by atoms with van der Waals surface area (Å²) in [6.45, 7) is -0.647. The maximum absolute atomic E-state index is 7.64. The largest absolute Gasteiger partial charge is 0.458 e. The number of para-hydroxylation sites is 9. The van der Waals surface area contributed by atoms with Gasteiger partial charge in [0.15, 0.2) is 0 Å². The Labute approximate surface area is 570 Å². The third-order valence-electron chi connectivity index (χ3n) is 20.7. The minimum absolute atomic E-state index is 0.160. The Morgan fingerprint density at radius 3 is 1.03 bits per heavy atom. The number of ether oxygens (including phenoxy) is 3. The predicted molar refractivity (Wildman–Crippen MR) is 408 cm³/mol. The van der Waals surface area contributed by atoms with E-state index in [4.69, 9.17) is 14.2 Å². The Morgan fingerprint density at radius 1 is 0.224 bits per heavy atom. The summed E-state index contributed by atoms with van der Waals surface area (Å²) in [4.78, 5) is 14.3. The highest BCUT2D eigenvalue weighted by molar-refractivity contribution is 7.03. The average Bonchev–Trinajstić information content (AvgIpc) is 0.699. The zero-order valence-corrected chi connectivity index (χ0v) is 53.7. The van der Waals surface area contributed by atoms with Gasteiger partial charge in [-0.25, -0.2) is 0 Å². The molecule has 0 fully saturated rings. The van der Waals surface area contributed by atoms with Crippen molar-refractivity contribution in [3.8, 4) is 34.5 Å². The molecule has 0 bridgehead atoms. The molecule has 0 saturated heterocycles. The molecule has 0 N–H and O–H groups in total. The second-order valence-electron chi connectivity index (χ2n) is 26.0. The molecule has 14 aromatic carbocycles. The molecule has 6 heterocycles. The third-order valence-corrected chi connectivity index (χ3v) is 20.7. The molecule has 0 atom stereocenters. The Morgan fingerprint density at radius 2 is 0.561 bits per heavy atom. The number of nitrogens with zero attached hydrogens (tertiary/aromatic N) is 6. The van der Waals surface area contributed by atoms with Gasteiger partial charge in [-0.1, -0.05) is 176 Å². The molecule has 0 aliphatic carbocycles. The fraction of sp³-hybridized carbons (Fsp3) is 0.0233. The summed E-state index contributed by atoms with van der Waals surface area (Å²) >= 11 is 0. The number of hydrogen-bond donors (Lipinski definition) is 0. The van der Waals surface area contributed by atoms with Gasteiger partial charge in [-0.2, -0.15) is 0 Å². The Kier molecular flexibility index (Phi) is 12.6. The zero-order valence-electron chi connectivity index (χ0n) is 53.7. The topological polar surface area (TPSA) is 47.1 Å². The minimum atomic E-state index is -0.313. The van der Waals surface area contributed by atoms with Crippen molar-refractivity contribution in [3.05, 3.63) is 322 Å². The van der Waals surface area contributed by atoms with E-state index in [1.54, 1.807) is 0 Å². The van der Waals surface area contributed by atoms with Gasteiger partial charge in [0.05, 0.1) is 17.1 Å². The van der Waals surface area contributed by atoms with Gasteiger partial charge in [0, 0.05) is 124 Å². The molecule has 0 amide bonds. The van der Waals surface area contributed by atoms with Gasteiger partial charge >= 0.3 is 0 Å². The molecule has 0 unspecified atom stereocenters. The fourth-order valence-electron chi connectivity index (χ4n) is 16.5. The monoisotopic (exact) mass is 1260 g/mol. The van der Waals surface area contributed by atoms with Crippen molar-refractivity contribution in [3.63, 3.8) is 0 Å². The summed E-state index contributed by atoms with van der Waals surface area (Å²) in [5.41, 5.74) is 27.2. The van der Waals surface area contributed by atoms with Crippen molar-refractivity contribution in [2.75, 3.05) is 43.5 Å². The van der Waals surface area contributed by atoms with Crippen LogP contribution >= 0.6 is 0 Å². The Bertz CT molecular complexity index is 5390. The van der Waals surface area contributed by atoms with E-state index in [0.717, 1.165) is 153 Å². The number of hydrogen-bond acceptors (Lipinski definition) is 9. The summed E-state index contributed by atoms with van der Waals surface area (Å²) in [6, 6.07) is 116. The molecule has 0 spiro atoms. The van der Waals surface area contributed by atoms with Crippen LogP contribution in [-0.2, 0) is 0 Å². The van der Waals surface area contributed by atoms with Crippen LogP contribution in [0.3, 0.4) is 0 Å². The first-order valence-corrected chi connectivity index (χ1v) is 33.6. The molecule has 9 nitrogen and oxygen atoms in total. The molecule has 14 aromatic rings. The second-order valence-corrected chi connectivity index (χ2v) is 26.0. The van der Waals surface area contributed by atoms with Gasteiger partial charge in [0.25, 0.3) is 20.1 Å². The van der Waals surface area contributed by atoms with Crippen molar-refractivity contribution < 1.29 is 14.2 Å². The summed E-state index contributed by atoms with van der Waals surface area (Å²) in [5.74, 6) is 4.76. The maximum Gasteiger partial charge on any atom is 0.260 e. The van der Waals surface area contributed by atoms with Crippen LogP contribution in [0.5, 0.6) is 34.5 Å². The lowest BCUT2D eigenvalue weighted by molar-refractivity contribution is 0.465. The highest BCUT2D eigenvalue weighted by atomic mass is 16.5. The predicted octanol–water partition coefficient (Wildman–Crippen LogP) is 15.9. The van der Waals surface area contributed by atoms with E-state index in [2.05, 4.69) is 365 Å². The van der Waals surface area contributed by atoms with Gasteiger partial charge < -0.3 is 43.6 Å². The first-order valence-electron chi connectivity index (χ1n) is 33.6. The van der Waals surface area contributed by atoms with Crippen LogP contribution in [0.1, 0.15) is 0 Å². The number of fused-ring (bicyclic) bond motifs is 12. The number of benzene rings is 14. The van der Waals surface area contributed by atoms with Crippen LogP contribution in [0.4, 0.5) is 91.0 Å². The smallest absolute Gasteiger partial charge is 0.260 e. The molecule has 460 valence electrons. The normalized spacial score (nSPS) is 13.3. The second kappa shape index (κ2) is 22.0. The summed E-state index contributed by atoms with van der Waals surface area (Å²) < 4.78 is 22.4. The lowest BCUT2D eigenvalue weighted by Gasteiger charge is -2.45. The van der Waals surface area contributed by atoms with Gasteiger partial charge in [0.1, 0.15) is 34.5 Å². The quantitative estimate of drug-likeness (QED) is 0.125. The summed E-state index contributed by atoms with van der Waals surface area (Å²) in [5, 5.41) is 0. The SMILES string of the molecule is CN1c2cc3c(cc2B2c4ccccc4Oc4cc(N(c5ccccc5)c5ccccc5)cc1c42)B1c2cc4c(cc2Oc2cc(N(c5ccccc5)c5ccccc5)cc(c21)O3)N(C)c1cc(N(c2ccccc2)c2ccccc2)cc2c1B4c1ccccc1N2c1ccccc1. The van der Waals surface area contributed by atoms with E-state index < -0.39 is 0 Å². The van der Waals surface area contributed by atoms with Gasteiger partial charge in [-0.05, 0) is 159 Å². The Hall–Kier alpha value is -12.5. The van der Waals surface area contributed by atoms with Crippen molar-refractivity contribution in [2.45, 2.75) is 0 Å². The lowest BCUT2D eigenvalue weighted by Crippen LogP contribution is -2.65. The van der Waals surface area contributed by atoms with Crippen LogP contribution in [-0.4, -0.2) is 34.2 Å². The molecule has 98 heavy (non-hydrogen) atoms. The first-order chi connectivity index (χ1) is 48.5. The van der Waals surface area contributed by atoms with Crippen LogP contribution in [0.25, 0.3) is 0 Å². The molecule has 6 aliphatic rings. The van der Waals surface area contributed by atoms with Gasteiger partial charge in [-0.15, -0.1) is 0 Å². The molecule has 0 saturated carbocycles. The molecule has 12 heteroatoms. The molecule has 6 aliphatic heterocycles. The molecular weight excluding hydrogens is 1200 g/mol. The molecular formula is C86H59B3N6O3. The summed E-state index contributed by atoms with van der Waals surface area (Å²) in [6.07, 6.45) is 0. The van der Waals surface area contributed by atoms with Crippen molar-refractivity contribution in [1.82, 2.24) is 0 Å². The maximum atomic E-state index is 7.64. The summed E-state index contributed by atoms with van der Waals surface area (Å²) in [7, 11) is 4.44. The van der Waals surface area contributed by atoms with E-state index in [0.29, 0.717) is 0 Å². The Balaban J connectivity index is 0.817. The van der Waals surface area contributed by atoms with Crippen molar-refractivity contribution >= 4 is 160 Å². The first kappa shape index (κ1) is 55.9. The van der Waals surface area contributed by atoms with Crippen molar-refractivity contribution in [2.24, 2.45) is 0 Å². The van der Waals surface area contributed by atoms with Crippen LogP contribution in [0.15, 0.2) is 322 Å². The van der Waals surface area contributed by atoms with E-state index in [-0.39, 0.29) is 20.1 Å². The van der Waals surface area contributed by atoms with E-state index in [9.17, 15) is 0 Å². The van der Waals surface area contributed by atoms with E-state index in [1.165, 1.54) is 21.9 Å². The van der Waals surface area contributed by atoms with Crippen LogP contribution in [0.2, 0.25) is 0 Å². The number of rotatable bonds is 10. The minimum Gasteiger partial charge on any atom is -0.458 e. The van der Waals surface area contributed by atoms with Crippen LogP contribution < -0.4 is 92.8 Å². The van der Waals surface area contributed by atoms with Crippen molar-refractivity contribution in [1.29, 1.82) is 0 Å². The fourth-order valence-corrected chi connectivity index (χ4v) is 16.5. The molecule has 20 rings (SSSR count). The highest BCUT2D eigenvalue weighted by Gasteiger charge is 2.49. The zero-order chi connectivity index (χ0) is 64.7. The third kappa shape index (κ3) is 8.57. The molecule has 0 radical (unpaired) electrons. The van der Waals surface area contributed by atoms with Crippen LogP contribution in [0, 0.1) is 0 Å². The average molecular weight is 1260 g/mol. The van der Waals surface area contributed by atoms with E-state index >= 15 is 0 Å². The number of anilines is 16. The lowest BCUT2D eigenvalue weighted by atomic mass is 9.30. The van der Waals surface area contributed by atoms with Gasteiger partial charge in [0.2, 0.25) is 0 Å². The van der Waals surface area contributed by atoms with E-state index in [1.807, 2.05) is 0 Å².